The van der Waals surface area contributed by atoms with Gasteiger partial charge >= 0.3 is 0 Å². The van der Waals surface area contributed by atoms with Crippen molar-refractivity contribution in [1.29, 1.82) is 5.26 Å². The summed E-state index contributed by atoms with van der Waals surface area (Å²) in [6, 6.07) is 14.6. The van der Waals surface area contributed by atoms with Gasteiger partial charge in [-0.2, -0.15) is 5.26 Å². The maximum atomic E-state index is 12.4. The van der Waals surface area contributed by atoms with Crippen LogP contribution in [-0.4, -0.2) is 33.7 Å². The number of hydrogen-bond donors (Lipinski definition) is 1. The van der Waals surface area contributed by atoms with E-state index in [9.17, 15) is 13.8 Å². The highest BCUT2D eigenvalue weighted by Gasteiger charge is 2.23. The zero-order valence-corrected chi connectivity index (χ0v) is 19.6. The van der Waals surface area contributed by atoms with Gasteiger partial charge in [-0.1, -0.05) is 6.07 Å². The molecule has 33 heavy (non-hydrogen) atoms. The van der Waals surface area contributed by atoms with Gasteiger partial charge in [-0.15, -0.1) is 11.3 Å². The molecule has 1 aromatic heterocycles. The molecular formula is C23H20N4O4S2. The van der Waals surface area contributed by atoms with Gasteiger partial charge in [0, 0.05) is 23.2 Å². The first-order valence-corrected chi connectivity index (χ1v) is 12.4. The molecule has 168 valence electrons. The van der Waals surface area contributed by atoms with Crippen LogP contribution in [0.2, 0.25) is 0 Å². The van der Waals surface area contributed by atoms with E-state index in [1.165, 1.54) is 17.6 Å². The van der Waals surface area contributed by atoms with Crippen molar-refractivity contribution < 1.29 is 18.5 Å². The molecule has 0 radical (unpaired) electrons. The van der Waals surface area contributed by atoms with Gasteiger partial charge < -0.3 is 9.64 Å². The van der Waals surface area contributed by atoms with Crippen molar-refractivity contribution in [2.75, 3.05) is 17.8 Å². The Labute approximate surface area is 197 Å². The zero-order valence-electron chi connectivity index (χ0n) is 18.0. The van der Waals surface area contributed by atoms with Crippen LogP contribution in [0.5, 0.6) is 5.75 Å². The number of fused-ring (bicyclic) bond motifs is 1. The highest BCUT2D eigenvalue weighted by atomic mass is 32.2. The molecule has 0 fully saturated rings. The van der Waals surface area contributed by atoms with E-state index in [0.29, 0.717) is 46.5 Å². The maximum absolute atomic E-state index is 12.4. The molecule has 3 aromatic rings. The summed E-state index contributed by atoms with van der Waals surface area (Å²) in [5.74, 6) is 0.114. The van der Waals surface area contributed by atoms with E-state index < -0.39 is 16.9 Å². The minimum atomic E-state index is -1.50. The van der Waals surface area contributed by atoms with Gasteiger partial charge in [-0.05, 0) is 48.9 Å². The number of carbonyl (C=O) groups excluding carboxylic acids is 2. The van der Waals surface area contributed by atoms with Crippen molar-refractivity contribution in [3.05, 3.63) is 69.7 Å². The summed E-state index contributed by atoms with van der Waals surface area (Å²) in [5, 5.41) is 9.70. The number of aryl methyl sites for hydroxylation is 1. The summed E-state index contributed by atoms with van der Waals surface area (Å²) >= 11 is 1.33. The minimum absolute atomic E-state index is 0.0413. The first kappa shape index (κ1) is 22.6. The fourth-order valence-corrected chi connectivity index (χ4v) is 4.75. The molecule has 8 nitrogen and oxygen atoms in total. The molecule has 1 aliphatic rings. The predicted octanol–water partition coefficient (Wildman–Crippen LogP) is 3.65. The van der Waals surface area contributed by atoms with Gasteiger partial charge in [0.15, 0.2) is 10.9 Å². The molecule has 0 saturated heterocycles. The number of nitrogens with zero attached hydrogens (tertiary/aromatic N) is 3. The number of thiazole rings is 1. The molecule has 0 saturated carbocycles. The highest BCUT2D eigenvalue weighted by molar-refractivity contribution is 7.82. The molecule has 0 spiro atoms. The van der Waals surface area contributed by atoms with E-state index in [1.807, 2.05) is 29.2 Å². The van der Waals surface area contributed by atoms with Crippen LogP contribution in [0.15, 0.2) is 42.5 Å². The quantitative estimate of drug-likeness (QED) is 0.573. The van der Waals surface area contributed by atoms with Gasteiger partial charge in [0.2, 0.25) is 0 Å². The van der Waals surface area contributed by atoms with Crippen molar-refractivity contribution in [2.24, 2.45) is 0 Å². The number of ether oxygens (including phenoxy) is 1. The summed E-state index contributed by atoms with van der Waals surface area (Å²) < 4.78 is 19.4. The first-order chi connectivity index (χ1) is 15.9. The summed E-state index contributed by atoms with van der Waals surface area (Å²) in [5.41, 5.74) is 2.92. The summed E-state index contributed by atoms with van der Waals surface area (Å²) in [7, 11) is -1.50. The number of amides is 1. The van der Waals surface area contributed by atoms with Crippen molar-refractivity contribution in [3.8, 4) is 11.8 Å². The van der Waals surface area contributed by atoms with Crippen molar-refractivity contribution in [1.82, 2.24) is 9.71 Å². The molecule has 0 bridgehead atoms. The van der Waals surface area contributed by atoms with Crippen molar-refractivity contribution >= 4 is 44.8 Å². The average Bonchev–Trinajstić information content (AvgIpc) is 3.19. The fraction of sp³-hybridized carbons (Fsp3) is 0.217. The maximum Gasteiger partial charge on any atom is 0.282 e. The Morgan fingerprint density at radius 3 is 2.76 bits per heavy atom. The Bertz CT molecular complexity index is 1290. The van der Waals surface area contributed by atoms with Crippen LogP contribution < -0.4 is 14.4 Å². The summed E-state index contributed by atoms with van der Waals surface area (Å²) in [4.78, 5) is 31.9. The predicted molar refractivity (Wildman–Crippen MR) is 126 cm³/mol. The van der Waals surface area contributed by atoms with Crippen LogP contribution >= 0.6 is 11.3 Å². The normalized spacial score (nSPS) is 13.4. The molecule has 1 N–H and O–H groups in total. The van der Waals surface area contributed by atoms with Crippen LogP contribution in [0.4, 0.5) is 10.8 Å². The lowest BCUT2D eigenvalue weighted by Crippen LogP contribution is -2.25. The van der Waals surface area contributed by atoms with Gasteiger partial charge in [-0.3, -0.25) is 14.3 Å². The zero-order chi connectivity index (χ0) is 23.5. The largest absolute Gasteiger partial charge is 0.492 e. The van der Waals surface area contributed by atoms with E-state index in [0.717, 1.165) is 11.3 Å². The van der Waals surface area contributed by atoms with Crippen LogP contribution in [0.1, 0.15) is 43.3 Å². The molecule has 4 rings (SSSR count). The van der Waals surface area contributed by atoms with Crippen molar-refractivity contribution in [3.63, 3.8) is 0 Å². The number of aromatic nitrogens is 1. The molecular weight excluding hydrogens is 460 g/mol. The number of carbonyl (C=O) groups is 2. The molecule has 2 heterocycles. The molecule has 10 heteroatoms. The van der Waals surface area contributed by atoms with Crippen molar-refractivity contribution in [2.45, 2.75) is 19.9 Å². The van der Waals surface area contributed by atoms with Crippen LogP contribution in [0.25, 0.3) is 0 Å². The minimum Gasteiger partial charge on any atom is -0.492 e. The Morgan fingerprint density at radius 2 is 2.06 bits per heavy atom. The van der Waals surface area contributed by atoms with E-state index in [1.54, 1.807) is 25.1 Å². The standard InChI is InChI=1S/C23H20N4O4S2/c1-14-21(22(29)26-33(2)30)25-23(32-14)27(17-6-3-15(12-24)4-7-17)13-16-5-8-20-18(11-16)19(28)9-10-31-20/h3-8,11H,9-10,13H2,1-2H3,(H,26,29). The van der Waals surface area contributed by atoms with Gasteiger partial charge in [0.25, 0.3) is 5.91 Å². The Hall–Kier alpha value is -3.55. The number of Topliss-reactive ketones (excluding diaryl/α,β-unsaturated/α-hetero) is 1. The number of ketones is 1. The molecule has 1 amide bonds. The highest BCUT2D eigenvalue weighted by Crippen LogP contribution is 2.34. The Kier molecular flexibility index (Phi) is 6.53. The average molecular weight is 481 g/mol. The van der Waals surface area contributed by atoms with E-state index >= 15 is 0 Å². The van der Waals surface area contributed by atoms with Crippen LogP contribution in [0.3, 0.4) is 0 Å². The molecule has 1 unspecified atom stereocenters. The third kappa shape index (κ3) is 4.94. The van der Waals surface area contributed by atoms with E-state index in [2.05, 4.69) is 15.8 Å². The smallest absolute Gasteiger partial charge is 0.282 e. The number of hydrogen-bond acceptors (Lipinski definition) is 8. The third-order valence-electron chi connectivity index (χ3n) is 5.05. The third-order valence-corrected chi connectivity index (χ3v) is 6.51. The number of anilines is 2. The lowest BCUT2D eigenvalue weighted by atomic mass is 10.0. The second-order valence-corrected chi connectivity index (χ2v) is 9.68. The lowest BCUT2D eigenvalue weighted by Gasteiger charge is -2.23. The first-order valence-electron chi connectivity index (χ1n) is 10.0. The molecule has 2 aromatic carbocycles. The molecule has 0 aliphatic carbocycles. The summed E-state index contributed by atoms with van der Waals surface area (Å²) in [6.45, 7) is 2.54. The van der Waals surface area contributed by atoms with E-state index in [-0.39, 0.29) is 11.5 Å². The SMILES string of the molecule is Cc1sc(N(Cc2ccc3c(c2)C(=O)CCO3)c2ccc(C#N)cc2)nc1C(=O)NS(C)=O. The van der Waals surface area contributed by atoms with Gasteiger partial charge in [0.05, 0.1) is 30.3 Å². The number of nitriles is 1. The Morgan fingerprint density at radius 1 is 1.30 bits per heavy atom. The molecule has 1 atom stereocenters. The summed E-state index contributed by atoms with van der Waals surface area (Å²) in [6.07, 6.45) is 1.73. The number of nitrogens with one attached hydrogen (secondary N) is 1. The van der Waals surface area contributed by atoms with Gasteiger partial charge in [0.1, 0.15) is 22.4 Å². The lowest BCUT2D eigenvalue weighted by molar-refractivity contribution is 0.0931. The fourth-order valence-electron chi connectivity index (χ4n) is 3.46. The van der Waals surface area contributed by atoms with Gasteiger partial charge in [-0.25, -0.2) is 9.19 Å². The Balaban J connectivity index is 1.73. The second-order valence-electron chi connectivity index (χ2n) is 7.38. The molecule has 1 aliphatic heterocycles. The number of rotatable bonds is 6. The van der Waals surface area contributed by atoms with Crippen LogP contribution in [-0.2, 0) is 17.5 Å². The number of benzene rings is 2. The monoisotopic (exact) mass is 480 g/mol. The topological polar surface area (TPSA) is 112 Å². The van der Waals surface area contributed by atoms with Crippen LogP contribution in [0, 0.1) is 18.3 Å². The second kappa shape index (κ2) is 9.52. The van der Waals surface area contributed by atoms with E-state index in [4.69, 9.17) is 10.00 Å².